The lowest BCUT2D eigenvalue weighted by atomic mass is 10.1. The lowest BCUT2D eigenvalue weighted by molar-refractivity contribution is -0.121. The number of benzene rings is 1. The third-order valence-corrected chi connectivity index (χ3v) is 4.27. The summed E-state index contributed by atoms with van der Waals surface area (Å²) in [6.07, 6.45) is 2.33. The molecule has 7 heteroatoms. The van der Waals surface area contributed by atoms with Crippen molar-refractivity contribution >= 4 is 11.8 Å². The quantitative estimate of drug-likeness (QED) is 0.911. The largest absolute Gasteiger partial charge is 0.494 e. The molecule has 1 aliphatic heterocycles. The molecule has 2 N–H and O–H groups in total. The second-order valence-electron chi connectivity index (χ2n) is 5.96. The summed E-state index contributed by atoms with van der Waals surface area (Å²) in [4.78, 5) is 25.4. The number of carbonyl (C=O) groups excluding carboxylic acids is 2. The summed E-state index contributed by atoms with van der Waals surface area (Å²) in [5.74, 6) is -0.144. The lowest BCUT2D eigenvalue weighted by Crippen LogP contribution is -2.32. The van der Waals surface area contributed by atoms with Crippen LogP contribution in [0.5, 0.6) is 5.75 Å². The Kier molecular flexibility index (Phi) is 4.24. The van der Waals surface area contributed by atoms with E-state index in [-0.39, 0.29) is 17.7 Å². The second kappa shape index (κ2) is 6.35. The van der Waals surface area contributed by atoms with Crippen molar-refractivity contribution in [3.8, 4) is 11.4 Å². The van der Waals surface area contributed by atoms with Gasteiger partial charge in [-0.3, -0.25) is 9.59 Å². The standard InChI is InChI=1S/C17H20N4O3/c1-11-3-4-15(24-2)14(9-11)21-8-6-13(19-21)17(23)20-7-5-12(10-20)16(18)22/h3-4,6,8-9,12H,5,7,10H2,1-2H3,(H2,18,22)/t12-/m0/s1. The van der Waals surface area contributed by atoms with Crippen molar-refractivity contribution in [3.63, 3.8) is 0 Å². The van der Waals surface area contributed by atoms with E-state index in [2.05, 4.69) is 5.10 Å². The number of rotatable bonds is 4. The first-order valence-electron chi connectivity index (χ1n) is 7.79. The molecule has 0 saturated carbocycles. The molecular formula is C17H20N4O3. The molecule has 24 heavy (non-hydrogen) atoms. The molecule has 1 atom stereocenters. The lowest BCUT2D eigenvalue weighted by Gasteiger charge is -2.14. The van der Waals surface area contributed by atoms with Gasteiger partial charge in [-0.05, 0) is 37.1 Å². The number of carbonyl (C=O) groups is 2. The topological polar surface area (TPSA) is 90.5 Å². The van der Waals surface area contributed by atoms with Gasteiger partial charge in [-0.15, -0.1) is 0 Å². The molecule has 2 amide bonds. The third-order valence-electron chi connectivity index (χ3n) is 4.27. The summed E-state index contributed by atoms with van der Waals surface area (Å²) < 4.78 is 6.98. The number of aromatic nitrogens is 2. The van der Waals surface area contributed by atoms with Crippen LogP contribution in [0.4, 0.5) is 0 Å². The number of primary amides is 1. The van der Waals surface area contributed by atoms with Crippen molar-refractivity contribution < 1.29 is 14.3 Å². The van der Waals surface area contributed by atoms with Crippen LogP contribution in [-0.2, 0) is 4.79 Å². The molecular weight excluding hydrogens is 308 g/mol. The number of ether oxygens (including phenoxy) is 1. The first-order valence-corrected chi connectivity index (χ1v) is 7.79. The number of amides is 2. The molecule has 0 aliphatic carbocycles. The van der Waals surface area contributed by atoms with E-state index in [4.69, 9.17) is 10.5 Å². The van der Waals surface area contributed by atoms with Crippen LogP contribution in [-0.4, -0.2) is 46.7 Å². The van der Waals surface area contributed by atoms with Gasteiger partial charge in [0, 0.05) is 19.3 Å². The molecule has 1 fully saturated rings. The van der Waals surface area contributed by atoms with E-state index in [9.17, 15) is 9.59 Å². The Balaban J connectivity index is 1.82. The molecule has 1 aliphatic rings. The van der Waals surface area contributed by atoms with Gasteiger partial charge >= 0.3 is 0 Å². The predicted molar refractivity (Wildman–Crippen MR) is 88.1 cm³/mol. The van der Waals surface area contributed by atoms with Crippen LogP contribution < -0.4 is 10.5 Å². The van der Waals surface area contributed by atoms with Crippen molar-refractivity contribution in [1.82, 2.24) is 14.7 Å². The normalized spacial score (nSPS) is 17.1. The number of likely N-dealkylation sites (tertiary alicyclic amines) is 1. The minimum absolute atomic E-state index is 0.191. The fraction of sp³-hybridized carbons (Fsp3) is 0.353. The average Bonchev–Trinajstić information content (AvgIpc) is 3.24. The maximum Gasteiger partial charge on any atom is 0.274 e. The van der Waals surface area contributed by atoms with E-state index in [1.165, 1.54) is 0 Å². The molecule has 0 unspecified atom stereocenters. The summed E-state index contributed by atoms with van der Waals surface area (Å²) >= 11 is 0. The Bertz CT molecular complexity index is 784. The molecule has 0 bridgehead atoms. The Hall–Kier alpha value is -2.83. The van der Waals surface area contributed by atoms with Crippen molar-refractivity contribution in [2.24, 2.45) is 11.7 Å². The number of aryl methyl sites for hydroxylation is 1. The zero-order valence-corrected chi connectivity index (χ0v) is 13.7. The molecule has 7 nitrogen and oxygen atoms in total. The van der Waals surface area contributed by atoms with Gasteiger partial charge in [0.05, 0.1) is 13.0 Å². The van der Waals surface area contributed by atoms with Gasteiger partial charge in [0.15, 0.2) is 5.69 Å². The van der Waals surface area contributed by atoms with Gasteiger partial charge < -0.3 is 15.4 Å². The summed E-state index contributed by atoms with van der Waals surface area (Å²) in [6.45, 7) is 2.86. The highest BCUT2D eigenvalue weighted by molar-refractivity contribution is 5.93. The smallest absolute Gasteiger partial charge is 0.274 e. The molecule has 1 aromatic carbocycles. The number of nitrogens with two attached hydrogens (primary N) is 1. The maximum absolute atomic E-state index is 12.5. The van der Waals surface area contributed by atoms with Crippen LogP contribution in [0.1, 0.15) is 22.5 Å². The monoisotopic (exact) mass is 328 g/mol. The number of hydrogen-bond acceptors (Lipinski definition) is 4. The number of methoxy groups -OCH3 is 1. The fourth-order valence-electron chi connectivity index (χ4n) is 2.89. The summed E-state index contributed by atoms with van der Waals surface area (Å²) in [5, 5.41) is 4.37. The van der Waals surface area contributed by atoms with Crippen molar-refractivity contribution in [2.75, 3.05) is 20.2 Å². The van der Waals surface area contributed by atoms with Crippen LogP contribution in [0.15, 0.2) is 30.5 Å². The van der Waals surface area contributed by atoms with Gasteiger partial charge in [0.2, 0.25) is 5.91 Å². The second-order valence-corrected chi connectivity index (χ2v) is 5.96. The molecule has 2 heterocycles. The Morgan fingerprint density at radius 3 is 2.79 bits per heavy atom. The zero-order valence-electron chi connectivity index (χ0n) is 13.7. The molecule has 0 radical (unpaired) electrons. The maximum atomic E-state index is 12.5. The Morgan fingerprint density at radius 2 is 2.12 bits per heavy atom. The van der Waals surface area contributed by atoms with E-state index in [1.807, 2.05) is 25.1 Å². The van der Waals surface area contributed by atoms with Gasteiger partial charge in [-0.1, -0.05) is 6.07 Å². The average molecular weight is 328 g/mol. The van der Waals surface area contributed by atoms with Crippen LogP contribution in [0, 0.1) is 12.8 Å². The Morgan fingerprint density at radius 1 is 1.33 bits per heavy atom. The molecule has 3 rings (SSSR count). The highest BCUT2D eigenvalue weighted by Gasteiger charge is 2.31. The van der Waals surface area contributed by atoms with E-state index in [1.54, 1.807) is 29.0 Å². The SMILES string of the molecule is COc1ccc(C)cc1-n1ccc(C(=O)N2CC[C@H](C(N)=O)C2)n1. The van der Waals surface area contributed by atoms with E-state index >= 15 is 0 Å². The van der Waals surface area contributed by atoms with Crippen LogP contribution in [0.25, 0.3) is 5.69 Å². The number of nitrogens with zero attached hydrogens (tertiary/aromatic N) is 3. The molecule has 1 aromatic heterocycles. The minimum Gasteiger partial charge on any atom is -0.494 e. The zero-order chi connectivity index (χ0) is 17.3. The van der Waals surface area contributed by atoms with Crippen LogP contribution in [0.2, 0.25) is 0 Å². The summed E-state index contributed by atoms with van der Waals surface area (Å²) in [5.41, 5.74) is 7.49. The molecule has 1 saturated heterocycles. The van der Waals surface area contributed by atoms with Gasteiger partial charge in [0.25, 0.3) is 5.91 Å². The summed E-state index contributed by atoms with van der Waals surface area (Å²) in [6, 6.07) is 7.43. The van der Waals surface area contributed by atoms with E-state index < -0.39 is 0 Å². The first kappa shape index (κ1) is 16.0. The number of hydrogen-bond donors (Lipinski definition) is 1. The first-order chi connectivity index (χ1) is 11.5. The molecule has 126 valence electrons. The van der Waals surface area contributed by atoms with Crippen molar-refractivity contribution in [3.05, 3.63) is 41.7 Å². The van der Waals surface area contributed by atoms with Gasteiger partial charge in [-0.25, -0.2) is 4.68 Å². The predicted octanol–water partition coefficient (Wildman–Crippen LogP) is 1.14. The van der Waals surface area contributed by atoms with Crippen molar-refractivity contribution in [2.45, 2.75) is 13.3 Å². The third kappa shape index (κ3) is 2.97. The van der Waals surface area contributed by atoms with Crippen LogP contribution in [0.3, 0.4) is 0 Å². The highest BCUT2D eigenvalue weighted by Crippen LogP contribution is 2.24. The summed E-state index contributed by atoms with van der Waals surface area (Å²) in [7, 11) is 1.60. The fourth-order valence-corrected chi connectivity index (χ4v) is 2.89. The van der Waals surface area contributed by atoms with Crippen LogP contribution >= 0.6 is 0 Å². The Labute approximate surface area is 140 Å². The minimum atomic E-state index is -0.361. The molecule has 2 aromatic rings. The highest BCUT2D eigenvalue weighted by atomic mass is 16.5. The van der Waals surface area contributed by atoms with Gasteiger partial charge in [-0.2, -0.15) is 5.10 Å². The van der Waals surface area contributed by atoms with Gasteiger partial charge in [0.1, 0.15) is 11.4 Å². The van der Waals surface area contributed by atoms with Crippen molar-refractivity contribution in [1.29, 1.82) is 0 Å². The molecule has 0 spiro atoms. The van der Waals surface area contributed by atoms with E-state index in [0.29, 0.717) is 31.0 Å². The van der Waals surface area contributed by atoms with E-state index in [0.717, 1.165) is 11.3 Å².